The third-order valence-corrected chi connectivity index (χ3v) is 6.02. The van der Waals surface area contributed by atoms with Crippen LogP contribution in [0, 0.1) is 5.92 Å². The first-order valence-electron chi connectivity index (χ1n) is 10.0. The molecule has 136 valence electrons. The maximum absolute atomic E-state index is 4.49. The molecule has 26 heavy (non-hydrogen) atoms. The van der Waals surface area contributed by atoms with E-state index in [1.165, 1.54) is 48.2 Å². The highest BCUT2D eigenvalue weighted by Crippen LogP contribution is 2.28. The number of fused-ring (bicyclic) bond motifs is 2. The van der Waals surface area contributed by atoms with Crippen LogP contribution in [0.1, 0.15) is 48.2 Å². The van der Waals surface area contributed by atoms with E-state index in [0.717, 1.165) is 57.0 Å². The average molecular weight is 350 g/mol. The number of hydrogen-bond acceptors (Lipinski definition) is 6. The van der Waals surface area contributed by atoms with E-state index in [1.54, 1.807) is 6.33 Å². The van der Waals surface area contributed by atoms with Gasteiger partial charge >= 0.3 is 0 Å². The molecule has 0 spiro atoms. The molecular formula is C20H26N6. The van der Waals surface area contributed by atoms with Gasteiger partial charge in [-0.3, -0.25) is 0 Å². The summed E-state index contributed by atoms with van der Waals surface area (Å²) in [5, 5.41) is 12.5. The van der Waals surface area contributed by atoms with Gasteiger partial charge in [-0.2, -0.15) is 5.10 Å². The summed E-state index contributed by atoms with van der Waals surface area (Å²) >= 11 is 0. The zero-order valence-corrected chi connectivity index (χ0v) is 15.2. The molecular weight excluding hydrogens is 324 g/mol. The normalized spacial score (nSPS) is 19.5. The van der Waals surface area contributed by atoms with Crippen molar-refractivity contribution in [2.24, 2.45) is 5.92 Å². The van der Waals surface area contributed by atoms with Crippen molar-refractivity contribution in [1.82, 2.24) is 20.2 Å². The van der Waals surface area contributed by atoms with Crippen molar-refractivity contribution >= 4 is 11.6 Å². The van der Waals surface area contributed by atoms with E-state index in [9.17, 15) is 0 Å². The molecule has 0 bridgehead atoms. The Bertz CT molecular complexity index is 799. The quantitative estimate of drug-likeness (QED) is 0.914. The fourth-order valence-corrected chi connectivity index (χ4v) is 4.43. The van der Waals surface area contributed by atoms with Crippen molar-refractivity contribution in [2.45, 2.75) is 51.4 Å². The van der Waals surface area contributed by atoms with Crippen LogP contribution in [0.25, 0.3) is 0 Å². The third-order valence-electron chi connectivity index (χ3n) is 6.02. The predicted molar refractivity (Wildman–Crippen MR) is 102 cm³/mol. The minimum absolute atomic E-state index is 0.641. The lowest BCUT2D eigenvalue weighted by Crippen LogP contribution is -2.50. The Balaban J connectivity index is 1.18. The second kappa shape index (κ2) is 6.82. The fourth-order valence-electron chi connectivity index (χ4n) is 4.43. The SMILES string of the molecule is c1nc2c(c(NCC3CN(c4cc5c(nn4)CCCC5)C3)n1)CCCC2. The number of aryl methyl sites for hydroxylation is 3. The van der Waals surface area contributed by atoms with Gasteiger partial charge in [0.25, 0.3) is 0 Å². The average Bonchev–Trinajstić information content (AvgIpc) is 2.67. The number of nitrogens with one attached hydrogen (secondary N) is 1. The smallest absolute Gasteiger partial charge is 0.151 e. The van der Waals surface area contributed by atoms with Crippen molar-refractivity contribution in [1.29, 1.82) is 0 Å². The zero-order chi connectivity index (χ0) is 17.3. The first-order valence-corrected chi connectivity index (χ1v) is 10.0. The van der Waals surface area contributed by atoms with Crippen LogP contribution in [0.2, 0.25) is 0 Å². The van der Waals surface area contributed by atoms with Crippen LogP contribution in [-0.4, -0.2) is 39.8 Å². The van der Waals surface area contributed by atoms with Gasteiger partial charge in [-0.15, -0.1) is 5.10 Å². The van der Waals surface area contributed by atoms with E-state index in [-0.39, 0.29) is 0 Å². The number of nitrogens with zero attached hydrogens (tertiary/aromatic N) is 5. The molecule has 2 aromatic rings. The Morgan fingerprint density at radius 2 is 1.73 bits per heavy atom. The largest absolute Gasteiger partial charge is 0.369 e. The minimum atomic E-state index is 0.641. The molecule has 3 heterocycles. The Morgan fingerprint density at radius 1 is 0.923 bits per heavy atom. The molecule has 1 saturated heterocycles. The van der Waals surface area contributed by atoms with Crippen LogP contribution in [-0.2, 0) is 25.7 Å². The molecule has 3 aliphatic rings. The molecule has 6 heteroatoms. The summed E-state index contributed by atoms with van der Waals surface area (Å²) in [4.78, 5) is 11.3. The molecule has 0 saturated carbocycles. The zero-order valence-electron chi connectivity index (χ0n) is 15.2. The van der Waals surface area contributed by atoms with E-state index in [1.807, 2.05) is 0 Å². The molecule has 1 N–H and O–H groups in total. The Morgan fingerprint density at radius 3 is 2.65 bits per heavy atom. The predicted octanol–water partition coefficient (Wildman–Crippen LogP) is 2.57. The summed E-state index contributed by atoms with van der Waals surface area (Å²) in [7, 11) is 0. The van der Waals surface area contributed by atoms with Gasteiger partial charge in [0.15, 0.2) is 5.82 Å². The molecule has 2 aliphatic carbocycles. The van der Waals surface area contributed by atoms with E-state index in [2.05, 4.69) is 36.4 Å². The lowest BCUT2D eigenvalue weighted by Gasteiger charge is -2.40. The van der Waals surface area contributed by atoms with Crippen LogP contribution in [0.15, 0.2) is 12.4 Å². The Labute approximate surface area is 154 Å². The van der Waals surface area contributed by atoms with Crippen LogP contribution >= 0.6 is 0 Å². The molecule has 0 radical (unpaired) electrons. The first kappa shape index (κ1) is 16.0. The van der Waals surface area contributed by atoms with Gasteiger partial charge in [-0.1, -0.05) is 0 Å². The van der Waals surface area contributed by atoms with Gasteiger partial charge in [-0.25, -0.2) is 9.97 Å². The van der Waals surface area contributed by atoms with E-state index >= 15 is 0 Å². The monoisotopic (exact) mass is 350 g/mol. The summed E-state index contributed by atoms with van der Waals surface area (Å²) in [5.41, 5.74) is 5.21. The highest BCUT2D eigenvalue weighted by molar-refractivity contribution is 5.48. The van der Waals surface area contributed by atoms with E-state index in [4.69, 9.17) is 0 Å². The summed E-state index contributed by atoms with van der Waals surface area (Å²) in [6.45, 7) is 3.07. The topological polar surface area (TPSA) is 66.8 Å². The molecule has 5 rings (SSSR count). The van der Waals surface area contributed by atoms with Crippen molar-refractivity contribution in [3.63, 3.8) is 0 Å². The Kier molecular flexibility index (Phi) is 4.19. The molecule has 2 aromatic heterocycles. The third kappa shape index (κ3) is 3.02. The van der Waals surface area contributed by atoms with Crippen LogP contribution in [0.5, 0.6) is 0 Å². The van der Waals surface area contributed by atoms with Gasteiger partial charge < -0.3 is 10.2 Å². The number of hydrogen-bond donors (Lipinski definition) is 1. The van der Waals surface area contributed by atoms with Crippen LogP contribution in [0.4, 0.5) is 11.6 Å². The lowest BCUT2D eigenvalue weighted by molar-refractivity contribution is 0.424. The molecule has 0 amide bonds. The first-order chi connectivity index (χ1) is 12.9. The highest BCUT2D eigenvalue weighted by atomic mass is 15.3. The molecule has 6 nitrogen and oxygen atoms in total. The van der Waals surface area contributed by atoms with Crippen LogP contribution < -0.4 is 10.2 Å². The number of anilines is 2. The number of aromatic nitrogens is 4. The summed E-state index contributed by atoms with van der Waals surface area (Å²) in [5.74, 6) is 2.75. The minimum Gasteiger partial charge on any atom is -0.369 e. The van der Waals surface area contributed by atoms with Gasteiger partial charge in [-0.05, 0) is 63.0 Å². The number of rotatable bonds is 4. The van der Waals surface area contributed by atoms with Gasteiger partial charge in [0.1, 0.15) is 12.1 Å². The fraction of sp³-hybridized carbons (Fsp3) is 0.600. The molecule has 0 atom stereocenters. The van der Waals surface area contributed by atoms with Crippen LogP contribution in [0.3, 0.4) is 0 Å². The highest BCUT2D eigenvalue weighted by Gasteiger charge is 2.29. The molecule has 0 aromatic carbocycles. The molecule has 0 unspecified atom stereocenters. The maximum atomic E-state index is 4.49. The molecule has 1 fully saturated rings. The van der Waals surface area contributed by atoms with Crippen molar-refractivity contribution < 1.29 is 0 Å². The van der Waals surface area contributed by atoms with Gasteiger partial charge in [0.2, 0.25) is 0 Å². The van der Waals surface area contributed by atoms with E-state index in [0.29, 0.717) is 5.92 Å². The molecule has 1 aliphatic heterocycles. The van der Waals surface area contributed by atoms with Crippen molar-refractivity contribution in [3.05, 3.63) is 34.9 Å². The Hall–Kier alpha value is -2.24. The van der Waals surface area contributed by atoms with Gasteiger partial charge in [0, 0.05) is 36.8 Å². The summed E-state index contributed by atoms with van der Waals surface area (Å²) in [6.07, 6.45) is 11.2. The van der Waals surface area contributed by atoms with Gasteiger partial charge in [0.05, 0.1) is 5.69 Å². The van der Waals surface area contributed by atoms with Crippen molar-refractivity contribution in [2.75, 3.05) is 29.9 Å². The van der Waals surface area contributed by atoms with E-state index < -0.39 is 0 Å². The standard InChI is InChI=1S/C20H26N6/c1-3-7-17-15(5-1)9-19(25-24-17)26-11-14(12-26)10-21-20-16-6-2-4-8-18(16)22-13-23-20/h9,13-14H,1-8,10-12H2,(H,21,22,23). The summed E-state index contributed by atoms with van der Waals surface area (Å²) < 4.78 is 0. The summed E-state index contributed by atoms with van der Waals surface area (Å²) in [6, 6.07) is 2.27. The maximum Gasteiger partial charge on any atom is 0.151 e. The lowest BCUT2D eigenvalue weighted by atomic mass is 9.95. The van der Waals surface area contributed by atoms with Crippen molar-refractivity contribution in [3.8, 4) is 0 Å². The second-order valence-corrected chi connectivity index (χ2v) is 7.89. The second-order valence-electron chi connectivity index (χ2n) is 7.89.